The highest BCUT2D eigenvalue weighted by molar-refractivity contribution is 5.96. The molecule has 1 unspecified atom stereocenters. The topological polar surface area (TPSA) is 58.4 Å². The third-order valence-electron chi connectivity index (χ3n) is 5.51. The van der Waals surface area contributed by atoms with E-state index in [9.17, 15) is 22.4 Å². The van der Waals surface area contributed by atoms with Crippen LogP contribution in [0.2, 0.25) is 0 Å². The number of carbonyl (C=O) groups is 1. The van der Waals surface area contributed by atoms with Gasteiger partial charge in [0.1, 0.15) is 6.17 Å². The van der Waals surface area contributed by atoms with Crippen LogP contribution in [0.5, 0.6) is 0 Å². The number of carbonyl (C=O) groups excluding carboxylic acids is 1. The molecule has 9 heteroatoms. The summed E-state index contributed by atoms with van der Waals surface area (Å²) >= 11 is 0. The highest BCUT2D eigenvalue weighted by atomic mass is 19.4. The minimum absolute atomic E-state index is 0.260. The van der Waals surface area contributed by atoms with Gasteiger partial charge in [0.2, 0.25) is 0 Å². The lowest BCUT2D eigenvalue weighted by Crippen LogP contribution is -2.27. The molecule has 1 amide bonds. The lowest BCUT2D eigenvalue weighted by Gasteiger charge is -2.13. The van der Waals surface area contributed by atoms with Crippen molar-refractivity contribution in [1.29, 1.82) is 0 Å². The largest absolute Gasteiger partial charge is 0.390 e. The third-order valence-corrected chi connectivity index (χ3v) is 5.51. The third kappa shape index (κ3) is 5.18. The van der Waals surface area contributed by atoms with Gasteiger partial charge in [-0.15, -0.1) is 0 Å². The first-order valence-electron chi connectivity index (χ1n) is 10.7. The normalized spacial score (nSPS) is 18.1. The van der Waals surface area contributed by atoms with E-state index in [0.717, 1.165) is 22.4 Å². The van der Waals surface area contributed by atoms with Gasteiger partial charge in [0.05, 0.1) is 30.0 Å². The first kappa shape index (κ1) is 22.8. The van der Waals surface area contributed by atoms with Gasteiger partial charge in [0.25, 0.3) is 5.91 Å². The van der Waals surface area contributed by atoms with Gasteiger partial charge >= 0.3 is 6.18 Å². The molecule has 2 atom stereocenters. The molecular weight excluding hydrogens is 436 g/mol. The Morgan fingerprint density at radius 1 is 1.30 bits per heavy atom. The van der Waals surface area contributed by atoms with Crippen LogP contribution in [0.1, 0.15) is 41.3 Å². The number of nitrogens with one attached hydrogen (secondary N) is 2. The quantitative estimate of drug-likeness (QED) is 0.455. The second-order valence-electron chi connectivity index (χ2n) is 8.18. The van der Waals surface area contributed by atoms with Gasteiger partial charge in [-0.05, 0) is 43.2 Å². The molecule has 1 aliphatic carbocycles. The predicted octanol–water partition coefficient (Wildman–Crippen LogP) is 5.55. The van der Waals surface area contributed by atoms with Crippen molar-refractivity contribution in [3.8, 4) is 11.3 Å². The Labute approximate surface area is 188 Å². The second kappa shape index (κ2) is 8.88. The molecule has 1 aliphatic rings. The zero-order valence-electron chi connectivity index (χ0n) is 18.2. The number of aromatic nitrogens is 2. The number of imidazole rings is 1. The molecule has 2 N–H and O–H groups in total. The fourth-order valence-corrected chi connectivity index (χ4v) is 3.71. The number of benzene rings is 1. The van der Waals surface area contributed by atoms with E-state index in [-0.39, 0.29) is 12.5 Å². The van der Waals surface area contributed by atoms with E-state index in [1.807, 2.05) is 35.7 Å². The summed E-state index contributed by atoms with van der Waals surface area (Å²) < 4.78 is 52.7. The number of nitrogens with zero attached hydrogens (tertiary/aromatic N) is 2. The van der Waals surface area contributed by atoms with Crippen LogP contribution in [0.4, 0.5) is 23.2 Å². The van der Waals surface area contributed by atoms with Crippen LogP contribution in [-0.4, -0.2) is 40.2 Å². The number of aryl methyl sites for hydroxylation is 1. The van der Waals surface area contributed by atoms with Crippen molar-refractivity contribution >= 4 is 23.3 Å². The molecule has 33 heavy (non-hydrogen) atoms. The number of alkyl halides is 4. The van der Waals surface area contributed by atoms with E-state index >= 15 is 0 Å². The van der Waals surface area contributed by atoms with E-state index < -0.39 is 24.8 Å². The van der Waals surface area contributed by atoms with E-state index in [1.165, 1.54) is 0 Å². The molecule has 2 heterocycles. The van der Waals surface area contributed by atoms with E-state index in [2.05, 4.69) is 15.6 Å². The minimum atomic E-state index is -4.25. The minimum Gasteiger partial charge on any atom is -0.382 e. The molecule has 174 valence electrons. The molecule has 5 nitrogen and oxygen atoms in total. The summed E-state index contributed by atoms with van der Waals surface area (Å²) in [6.45, 7) is 3.40. The lowest BCUT2D eigenvalue weighted by atomic mass is 10.0. The molecule has 4 rings (SSSR count). The zero-order chi connectivity index (χ0) is 23.8. The van der Waals surface area contributed by atoms with Gasteiger partial charge in [-0.2, -0.15) is 13.2 Å². The fourth-order valence-electron chi connectivity index (χ4n) is 3.71. The Hall–Kier alpha value is -3.36. The number of allylic oxidation sites excluding steroid dienone is 1. The fraction of sp³-hybridized carbons (Fsp3) is 0.333. The molecule has 1 fully saturated rings. The second-order valence-corrected chi connectivity index (χ2v) is 8.18. The number of hydrogen-bond donors (Lipinski definition) is 2. The van der Waals surface area contributed by atoms with Crippen molar-refractivity contribution in [2.45, 2.75) is 45.1 Å². The number of anilines is 1. The Morgan fingerprint density at radius 2 is 2.06 bits per heavy atom. The number of amides is 1. The highest BCUT2D eigenvalue weighted by Crippen LogP contribution is 2.29. The summed E-state index contributed by atoms with van der Waals surface area (Å²) in [4.78, 5) is 16.8. The SMILES string of the molecule is C/C=C/c1cc(NCCC(F)(F)F)c2ncc(-c3ccc(C(=O)NC4C[C@@H]4F)c(C)c3)n2c1. The molecule has 0 bridgehead atoms. The molecule has 1 saturated carbocycles. The lowest BCUT2D eigenvalue weighted by molar-refractivity contribution is -0.131. The summed E-state index contributed by atoms with van der Waals surface area (Å²) in [5.41, 5.74) is 4.53. The van der Waals surface area contributed by atoms with Crippen molar-refractivity contribution in [2.24, 2.45) is 0 Å². The Bertz CT molecular complexity index is 1220. The molecular formula is C24H24F4N4O. The van der Waals surface area contributed by atoms with Crippen LogP contribution in [0.15, 0.2) is 42.7 Å². The smallest absolute Gasteiger partial charge is 0.382 e. The van der Waals surface area contributed by atoms with Gasteiger partial charge in [0.15, 0.2) is 5.65 Å². The molecule has 0 saturated heterocycles. The summed E-state index contributed by atoms with van der Waals surface area (Å²) in [5, 5.41) is 5.53. The van der Waals surface area contributed by atoms with Crippen LogP contribution in [0.25, 0.3) is 23.0 Å². The van der Waals surface area contributed by atoms with Crippen LogP contribution in [0, 0.1) is 6.92 Å². The molecule has 1 aromatic carbocycles. The van der Waals surface area contributed by atoms with Crippen LogP contribution in [-0.2, 0) is 0 Å². The molecule has 0 spiro atoms. The first-order chi connectivity index (χ1) is 15.7. The summed E-state index contributed by atoms with van der Waals surface area (Å²) in [6, 6.07) is 6.66. The van der Waals surface area contributed by atoms with Gasteiger partial charge < -0.3 is 10.6 Å². The van der Waals surface area contributed by atoms with Crippen LogP contribution < -0.4 is 10.6 Å². The number of halogens is 4. The average molecular weight is 460 g/mol. The number of hydrogen-bond acceptors (Lipinski definition) is 3. The van der Waals surface area contributed by atoms with E-state index in [4.69, 9.17) is 0 Å². The first-order valence-corrected chi connectivity index (χ1v) is 10.7. The van der Waals surface area contributed by atoms with Crippen LogP contribution in [0.3, 0.4) is 0 Å². The average Bonchev–Trinajstić information content (AvgIpc) is 3.25. The number of rotatable bonds is 7. The van der Waals surface area contributed by atoms with Gasteiger partial charge in [-0.1, -0.05) is 18.2 Å². The molecule has 0 radical (unpaired) electrons. The number of pyridine rings is 1. The van der Waals surface area contributed by atoms with E-state index in [1.54, 1.807) is 31.3 Å². The molecule has 3 aromatic rings. The predicted molar refractivity (Wildman–Crippen MR) is 120 cm³/mol. The maximum absolute atomic E-state index is 13.1. The van der Waals surface area contributed by atoms with Crippen molar-refractivity contribution in [2.75, 3.05) is 11.9 Å². The summed E-state index contributed by atoms with van der Waals surface area (Å²) in [5.74, 6) is -0.311. The monoisotopic (exact) mass is 460 g/mol. The number of fused-ring (bicyclic) bond motifs is 1. The zero-order valence-corrected chi connectivity index (χ0v) is 18.2. The Morgan fingerprint density at radius 3 is 2.70 bits per heavy atom. The summed E-state index contributed by atoms with van der Waals surface area (Å²) in [6.07, 6.45) is 1.38. The Balaban J connectivity index is 1.66. The summed E-state index contributed by atoms with van der Waals surface area (Å²) in [7, 11) is 0. The van der Waals surface area contributed by atoms with Crippen LogP contribution >= 0.6 is 0 Å². The highest BCUT2D eigenvalue weighted by Gasteiger charge is 2.38. The Kier molecular flexibility index (Phi) is 6.14. The maximum Gasteiger partial charge on any atom is 0.390 e. The standard InChI is InChI=1S/C24H24F4N4O/c1-3-4-15-10-20(29-8-7-24(26,27)28)22-30-12-21(32(22)13-15)16-5-6-17(14(2)9-16)23(33)31-19-11-18(19)25/h3-6,9-10,12-13,18-19,29H,7-8,11H2,1-2H3,(H,31,33)/b4-3+/t18-,19?/m0/s1. The molecule has 2 aromatic heterocycles. The van der Waals surface area contributed by atoms with Gasteiger partial charge in [-0.25, -0.2) is 9.37 Å². The van der Waals surface area contributed by atoms with Crippen molar-refractivity contribution in [3.63, 3.8) is 0 Å². The maximum atomic E-state index is 13.1. The van der Waals surface area contributed by atoms with Crippen molar-refractivity contribution in [1.82, 2.24) is 14.7 Å². The van der Waals surface area contributed by atoms with Gasteiger partial charge in [0, 0.05) is 30.3 Å². The van der Waals surface area contributed by atoms with Gasteiger partial charge in [-0.3, -0.25) is 9.20 Å². The molecule has 0 aliphatic heterocycles. The van der Waals surface area contributed by atoms with Crippen molar-refractivity contribution < 1.29 is 22.4 Å². The van der Waals surface area contributed by atoms with E-state index in [0.29, 0.717) is 23.3 Å². The van der Waals surface area contributed by atoms with Crippen molar-refractivity contribution in [3.05, 3.63) is 59.4 Å².